The number of nitrogens with one attached hydrogen (secondary N) is 1. The standard InChI is InChI=1S/C12H13N3O4/c1-7(12(16)17)8(2)14-11-4-3-10(15(18)19)5-9(11)6-13/h3-5,7-8,14H,1-2H3,(H,16,17). The van der Waals surface area contributed by atoms with Crippen LogP contribution in [0.4, 0.5) is 11.4 Å². The Hall–Kier alpha value is -2.62. The summed E-state index contributed by atoms with van der Waals surface area (Å²) in [4.78, 5) is 20.8. The highest BCUT2D eigenvalue weighted by Gasteiger charge is 2.20. The first-order valence-electron chi connectivity index (χ1n) is 5.54. The van der Waals surface area contributed by atoms with Crippen molar-refractivity contribution >= 4 is 17.3 Å². The van der Waals surface area contributed by atoms with E-state index in [0.29, 0.717) is 5.69 Å². The summed E-state index contributed by atoms with van der Waals surface area (Å²) in [5.41, 5.74) is 0.313. The fourth-order valence-electron chi connectivity index (χ4n) is 1.45. The largest absolute Gasteiger partial charge is 0.481 e. The molecule has 0 aromatic heterocycles. The number of hydrogen-bond acceptors (Lipinski definition) is 5. The molecule has 1 aromatic carbocycles. The highest BCUT2D eigenvalue weighted by molar-refractivity contribution is 5.71. The Bertz CT molecular complexity index is 550. The summed E-state index contributed by atoms with van der Waals surface area (Å²) in [6.07, 6.45) is 0. The Morgan fingerprint density at radius 3 is 2.63 bits per heavy atom. The molecule has 100 valence electrons. The number of benzene rings is 1. The molecule has 7 nitrogen and oxygen atoms in total. The molecule has 19 heavy (non-hydrogen) atoms. The lowest BCUT2D eigenvalue weighted by Crippen LogP contribution is -2.30. The van der Waals surface area contributed by atoms with Crippen molar-refractivity contribution in [1.82, 2.24) is 0 Å². The topological polar surface area (TPSA) is 116 Å². The number of anilines is 1. The van der Waals surface area contributed by atoms with Crippen molar-refractivity contribution < 1.29 is 14.8 Å². The van der Waals surface area contributed by atoms with Crippen molar-refractivity contribution in [1.29, 1.82) is 5.26 Å². The Kier molecular flexibility index (Phi) is 4.42. The molecule has 1 aromatic rings. The van der Waals surface area contributed by atoms with Gasteiger partial charge in [-0.2, -0.15) is 5.26 Å². The quantitative estimate of drug-likeness (QED) is 0.619. The van der Waals surface area contributed by atoms with Gasteiger partial charge in [0.25, 0.3) is 5.69 Å². The maximum absolute atomic E-state index is 10.8. The lowest BCUT2D eigenvalue weighted by molar-refractivity contribution is -0.384. The average molecular weight is 263 g/mol. The minimum Gasteiger partial charge on any atom is -0.481 e. The van der Waals surface area contributed by atoms with Gasteiger partial charge in [-0.05, 0) is 19.9 Å². The van der Waals surface area contributed by atoms with Gasteiger partial charge in [-0.25, -0.2) is 0 Å². The fraction of sp³-hybridized carbons (Fsp3) is 0.333. The van der Waals surface area contributed by atoms with Crippen molar-refractivity contribution in [3.8, 4) is 6.07 Å². The van der Waals surface area contributed by atoms with Crippen molar-refractivity contribution in [2.45, 2.75) is 19.9 Å². The lowest BCUT2D eigenvalue weighted by Gasteiger charge is -2.19. The summed E-state index contributed by atoms with van der Waals surface area (Å²) < 4.78 is 0. The SMILES string of the molecule is CC(Nc1ccc([N+](=O)[O-])cc1C#N)C(C)C(=O)O. The first-order valence-corrected chi connectivity index (χ1v) is 5.54. The van der Waals surface area contributed by atoms with E-state index in [0.717, 1.165) is 6.07 Å². The second kappa shape index (κ2) is 5.82. The minimum atomic E-state index is -0.958. The van der Waals surface area contributed by atoms with Crippen LogP contribution in [-0.4, -0.2) is 22.0 Å². The molecule has 0 aliphatic rings. The average Bonchev–Trinajstić information content (AvgIpc) is 2.37. The molecule has 2 atom stereocenters. The monoisotopic (exact) mass is 263 g/mol. The van der Waals surface area contributed by atoms with E-state index in [1.807, 2.05) is 6.07 Å². The zero-order valence-corrected chi connectivity index (χ0v) is 10.5. The van der Waals surface area contributed by atoms with Gasteiger partial charge in [0, 0.05) is 18.2 Å². The van der Waals surface area contributed by atoms with Crippen molar-refractivity contribution in [2.24, 2.45) is 5.92 Å². The lowest BCUT2D eigenvalue weighted by atomic mass is 10.0. The van der Waals surface area contributed by atoms with Crippen molar-refractivity contribution in [2.75, 3.05) is 5.32 Å². The van der Waals surface area contributed by atoms with E-state index in [-0.39, 0.29) is 11.3 Å². The van der Waals surface area contributed by atoms with Crippen LogP contribution in [0.3, 0.4) is 0 Å². The zero-order valence-electron chi connectivity index (χ0n) is 10.5. The molecule has 7 heteroatoms. The van der Waals surface area contributed by atoms with Crippen LogP contribution in [0.15, 0.2) is 18.2 Å². The predicted octanol–water partition coefficient (Wildman–Crippen LogP) is 1.99. The van der Waals surface area contributed by atoms with Gasteiger partial charge >= 0.3 is 5.97 Å². The van der Waals surface area contributed by atoms with Crippen molar-refractivity contribution in [3.05, 3.63) is 33.9 Å². The number of nitriles is 1. The van der Waals surface area contributed by atoms with Gasteiger partial charge < -0.3 is 10.4 Å². The van der Waals surface area contributed by atoms with E-state index < -0.39 is 22.9 Å². The second-order valence-electron chi connectivity index (χ2n) is 4.16. The molecule has 0 saturated heterocycles. The van der Waals surface area contributed by atoms with Crippen LogP contribution in [0.5, 0.6) is 0 Å². The number of carboxylic acids is 1. The third-order valence-corrected chi connectivity index (χ3v) is 2.86. The fourth-order valence-corrected chi connectivity index (χ4v) is 1.45. The van der Waals surface area contributed by atoms with Gasteiger partial charge in [-0.1, -0.05) is 0 Å². The van der Waals surface area contributed by atoms with E-state index in [1.54, 1.807) is 6.92 Å². The van der Waals surface area contributed by atoms with E-state index in [4.69, 9.17) is 10.4 Å². The van der Waals surface area contributed by atoms with Crippen LogP contribution >= 0.6 is 0 Å². The number of carboxylic acid groups (broad SMARTS) is 1. The van der Waals surface area contributed by atoms with Crippen LogP contribution in [0.1, 0.15) is 19.4 Å². The van der Waals surface area contributed by atoms with Gasteiger partial charge in [0.2, 0.25) is 0 Å². The van der Waals surface area contributed by atoms with Crippen LogP contribution < -0.4 is 5.32 Å². The van der Waals surface area contributed by atoms with Gasteiger partial charge in [0.1, 0.15) is 6.07 Å². The molecule has 0 fully saturated rings. The number of rotatable bonds is 5. The summed E-state index contributed by atoms with van der Waals surface area (Å²) >= 11 is 0. The Morgan fingerprint density at radius 1 is 1.53 bits per heavy atom. The second-order valence-corrected chi connectivity index (χ2v) is 4.16. The van der Waals surface area contributed by atoms with Crippen LogP contribution in [0, 0.1) is 27.4 Å². The molecular weight excluding hydrogens is 250 g/mol. The van der Waals surface area contributed by atoms with Crippen LogP contribution in [0.25, 0.3) is 0 Å². The number of nitrogens with zero attached hydrogens (tertiary/aromatic N) is 2. The van der Waals surface area contributed by atoms with E-state index in [9.17, 15) is 14.9 Å². The van der Waals surface area contributed by atoms with E-state index in [2.05, 4.69) is 5.32 Å². The molecule has 0 heterocycles. The molecule has 0 radical (unpaired) electrons. The predicted molar refractivity (Wildman–Crippen MR) is 67.7 cm³/mol. The molecule has 0 aliphatic carbocycles. The molecule has 1 rings (SSSR count). The molecule has 0 amide bonds. The molecule has 0 saturated carbocycles. The van der Waals surface area contributed by atoms with E-state index in [1.165, 1.54) is 19.1 Å². The maximum atomic E-state index is 10.8. The number of nitro benzene ring substituents is 1. The van der Waals surface area contributed by atoms with Gasteiger partial charge in [-0.15, -0.1) is 0 Å². The van der Waals surface area contributed by atoms with Crippen LogP contribution in [-0.2, 0) is 4.79 Å². The smallest absolute Gasteiger partial charge is 0.308 e. The highest BCUT2D eigenvalue weighted by atomic mass is 16.6. The Balaban J connectivity index is 2.99. The highest BCUT2D eigenvalue weighted by Crippen LogP contribution is 2.23. The summed E-state index contributed by atoms with van der Waals surface area (Å²) in [6.45, 7) is 3.21. The van der Waals surface area contributed by atoms with Gasteiger partial charge in [0.05, 0.1) is 22.1 Å². The van der Waals surface area contributed by atoms with Crippen molar-refractivity contribution in [3.63, 3.8) is 0 Å². The molecule has 2 N–H and O–H groups in total. The Morgan fingerprint density at radius 2 is 2.16 bits per heavy atom. The number of aliphatic carboxylic acids is 1. The van der Waals surface area contributed by atoms with Gasteiger partial charge in [0.15, 0.2) is 0 Å². The third-order valence-electron chi connectivity index (χ3n) is 2.86. The zero-order chi connectivity index (χ0) is 14.6. The molecule has 2 unspecified atom stereocenters. The van der Waals surface area contributed by atoms with E-state index >= 15 is 0 Å². The maximum Gasteiger partial charge on any atom is 0.308 e. The molecule has 0 bridgehead atoms. The van der Waals surface area contributed by atoms with Gasteiger partial charge in [-0.3, -0.25) is 14.9 Å². The summed E-state index contributed by atoms with van der Waals surface area (Å²) in [5.74, 6) is -1.61. The molecular formula is C12H13N3O4. The first-order chi connectivity index (χ1) is 8.86. The molecule has 0 aliphatic heterocycles. The molecule has 0 spiro atoms. The Labute approximate surface area is 109 Å². The normalized spacial score (nSPS) is 13.1. The number of carbonyl (C=O) groups is 1. The first kappa shape index (κ1) is 14.4. The third kappa shape index (κ3) is 3.42. The summed E-state index contributed by atoms with van der Waals surface area (Å²) in [5, 5.41) is 31.3. The summed E-state index contributed by atoms with van der Waals surface area (Å²) in [6, 6.07) is 5.26. The number of nitro groups is 1. The minimum absolute atomic E-state index is 0.110. The summed E-state index contributed by atoms with van der Waals surface area (Å²) in [7, 11) is 0. The number of non-ortho nitro benzene ring substituents is 1. The number of hydrogen-bond donors (Lipinski definition) is 2. The van der Waals surface area contributed by atoms with Crippen LogP contribution in [0.2, 0.25) is 0 Å².